The van der Waals surface area contributed by atoms with Crippen LogP contribution in [-0.4, -0.2) is 37.6 Å². The number of rotatable bonds is 5. The van der Waals surface area contributed by atoms with Gasteiger partial charge in [0, 0.05) is 42.7 Å². The van der Waals surface area contributed by atoms with Gasteiger partial charge in [0.15, 0.2) is 0 Å². The van der Waals surface area contributed by atoms with Gasteiger partial charge in [0.1, 0.15) is 11.6 Å². The Kier molecular flexibility index (Phi) is 4.51. The van der Waals surface area contributed by atoms with Crippen LogP contribution in [0.4, 0.5) is 5.82 Å². The normalized spacial score (nSPS) is 15.5. The zero-order valence-corrected chi connectivity index (χ0v) is 16.4. The molecule has 1 N–H and O–H groups in total. The summed E-state index contributed by atoms with van der Waals surface area (Å²) in [7, 11) is 1.64. The van der Waals surface area contributed by atoms with Crippen LogP contribution in [0.15, 0.2) is 67.4 Å². The lowest BCUT2D eigenvalue weighted by Crippen LogP contribution is -2.25. The van der Waals surface area contributed by atoms with Crippen molar-refractivity contribution >= 4 is 11.7 Å². The molecular formula is C22H20N6O2. The predicted octanol–water partition coefficient (Wildman–Crippen LogP) is 2.99. The number of amides is 1. The molecule has 0 bridgehead atoms. The van der Waals surface area contributed by atoms with Gasteiger partial charge >= 0.3 is 0 Å². The lowest BCUT2D eigenvalue weighted by atomic mass is 9.86. The van der Waals surface area contributed by atoms with Crippen LogP contribution in [0, 0.1) is 0 Å². The Morgan fingerprint density at radius 3 is 2.83 bits per heavy atom. The third-order valence-corrected chi connectivity index (χ3v) is 5.31. The maximum absolute atomic E-state index is 12.6. The van der Waals surface area contributed by atoms with Crippen molar-refractivity contribution < 1.29 is 9.53 Å². The molecule has 8 heteroatoms. The summed E-state index contributed by atoms with van der Waals surface area (Å²) in [4.78, 5) is 16.8. The Morgan fingerprint density at radius 2 is 2.07 bits per heavy atom. The van der Waals surface area contributed by atoms with Crippen LogP contribution in [0.25, 0.3) is 5.69 Å². The van der Waals surface area contributed by atoms with Gasteiger partial charge in [-0.1, -0.05) is 6.07 Å². The number of hydrogen-bond donors (Lipinski definition) is 1. The van der Waals surface area contributed by atoms with E-state index < -0.39 is 0 Å². The summed E-state index contributed by atoms with van der Waals surface area (Å²) in [6.07, 6.45) is 9.32. The summed E-state index contributed by atoms with van der Waals surface area (Å²) in [6.45, 7) is 0.528. The standard InChI is InChI=1S/C22H20N6O2/c1-30-16-5-6-20(27-9-3-8-24-27)18(10-16)17-11-21(29)26-22-19(17)13-25-28(22)14-15-4-2-7-23-12-15/h2-10,12-13,17H,11,14H2,1H3,(H,26,29). The summed E-state index contributed by atoms with van der Waals surface area (Å²) in [5.41, 5.74) is 3.86. The molecule has 150 valence electrons. The minimum Gasteiger partial charge on any atom is -0.497 e. The van der Waals surface area contributed by atoms with Crippen LogP contribution < -0.4 is 10.1 Å². The van der Waals surface area contributed by atoms with Crippen molar-refractivity contribution in [1.82, 2.24) is 24.5 Å². The Balaban J connectivity index is 1.60. The average molecular weight is 400 g/mol. The monoisotopic (exact) mass is 400 g/mol. The molecule has 4 heterocycles. The van der Waals surface area contributed by atoms with Gasteiger partial charge in [-0.25, -0.2) is 9.36 Å². The van der Waals surface area contributed by atoms with E-state index in [1.54, 1.807) is 30.4 Å². The second-order valence-corrected chi connectivity index (χ2v) is 7.15. The van der Waals surface area contributed by atoms with E-state index in [0.717, 1.165) is 28.1 Å². The van der Waals surface area contributed by atoms with Gasteiger partial charge in [-0.3, -0.25) is 9.78 Å². The first kappa shape index (κ1) is 18.1. The summed E-state index contributed by atoms with van der Waals surface area (Å²) < 4.78 is 9.08. The first-order chi connectivity index (χ1) is 14.7. The van der Waals surface area contributed by atoms with Crippen molar-refractivity contribution in [2.24, 2.45) is 0 Å². The summed E-state index contributed by atoms with van der Waals surface area (Å²) in [6, 6.07) is 11.6. The number of carbonyl (C=O) groups is 1. The number of nitrogens with one attached hydrogen (secondary N) is 1. The maximum Gasteiger partial charge on any atom is 0.226 e. The highest BCUT2D eigenvalue weighted by atomic mass is 16.5. The molecule has 1 amide bonds. The zero-order valence-electron chi connectivity index (χ0n) is 16.4. The number of fused-ring (bicyclic) bond motifs is 1. The highest BCUT2D eigenvalue weighted by Crippen LogP contribution is 2.40. The number of benzene rings is 1. The predicted molar refractivity (Wildman–Crippen MR) is 111 cm³/mol. The van der Waals surface area contributed by atoms with Crippen molar-refractivity contribution in [2.75, 3.05) is 12.4 Å². The van der Waals surface area contributed by atoms with E-state index in [2.05, 4.69) is 20.5 Å². The van der Waals surface area contributed by atoms with Crippen molar-refractivity contribution in [3.05, 3.63) is 84.1 Å². The number of anilines is 1. The van der Waals surface area contributed by atoms with Gasteiger partial charge in [-0.2, -0.15) is 10.2 Å². The third kappa shape index (κ3) is 3.22. The molecule has 0 aliphatic carbocycles. The number of hydrogen-bond acceptors (Lipinski definition) is 5. The highest BCUT2D eigenvalue weighted by molar-refractivity contribution is 5.94. The fourth-order valence-corrected chi connectivity index (χ4v) is 3.89. The molecule has 1 aromatic carbocycles. The second kappa shape index (κ2) is 7.47. The Labute approximate surface area is 173 Å². The quantitative estimate of drug-likeness (QED) is 0.557. The van der Waals surface area contributed by atoms with Crippen LogP contribution in [0.2, 0.25) is 0 Å². The Bertz CT molecular complexity index is 1180. The fourth-order valence-electron chi connectivity index (χ4n) is 3.89. The van der Waals surface area contributed by atoms with Crippen molar-refractivity contribution in [3.63, 3.8) is 0 Å². The van der Waals surface area contributed by atoms with Gasteiger partial charge < -0.3 is 10.1 Å². The van der Waals surface area contributed by atoms with E-state index in [9.17, 15) is 4.79 Å². The number of ether oxygens (including phenoxy) is 1. The fraction of sp³-hybridized carbons (Fsp3) is 0.182. The molecule has 0 spiro atoms. The van der Waals surface area contributed by atoms with Gasteiger partial charge in [0.25, 0.3) is 0 Å². The van der Waals surface area contributed by atoms with Crippen molar-refractivity contribution in [2.45, 2.75) is 18.9 Å². The van der Waals surface area contributed by atoms with Crippen LogP contribution in [0.5, 0.6) is 5.75 Å². The topological polar surface area (TPSA) is 86.9 Å². The molecule has 0 saturated carbocycles. The van der Waals surface area contributed by atoms with E-state index in [-0.39, 0.29) is 11.8 Å². The van der Waals surface area contributed by atoms with Crippen LogP contribution in [-0.2, 0) is 11.3 Å². The van der Waals surface area contributed by atoms with Gasteiger partial charge in [-0.15, -0.1) is 0 Å². The minimum atomic E-state index is -0.161. The second-order valence-electron chi connectivity index (χ2n) is 7.15. The van der Waals surface area contributed by atoms with E-state index in [0.29, 0.717) is 18.8 Å². The molecule has 0 saturated heterocycles. The molecule has 4 aromatic rings. The molecule has 1 aliphatic rings. The smallest absolute Gasteiger partial charge is 0.226 e. The molecule has 3 aromatic heterocycles. The molecule has 0 fully saturated rings. The number of aromatic nitrogens is 5. The zero-order chi connectivity index (χ0) is 20.5. The van der Waals surface area contributed by atoms with Crippen LogP contribution in [0.3, 0.4) is 0 Å². The first-order valence-corrected chi connectivity index (χ1v) is 9.65. The SMILES string of the molecule is COc1ccc(-n2cccn2)c(C2CC(=O)Nc3c2cnn3Cc2cccnc2)c1. The van der Waals surface area contributed by atoms with Crippen molar-refractivity contribution in [1.29, 1.82) is 0 Å². The molecule has 0 radical (unpaired) electrons. The lowest BCUT2D eigenvalue weighted by Gasteiger charge is -2.26. The number of carbonyl (C=O) groups excluding carboxylic acids is 1. The Hall–Kier alpha value is -3.94. The number of pyridine rings is 1. The first-order valence-electron chi connectivity index (χ1n) is 9.65. The molecule has 5 rings (SSSR count). The van der Waals surface area contributed by atoms with Gasteiger partial charge in [0.2, 0.25) is 5.91 Å². The van der Waals surface area contributed by atoms with Gasteiger partial charge in [-0.05, 0) is 41.5 Å². The minimum absolute atomic E-state index is 0.0466. The summed E-state index contributed by atoms with van der Waals surface area (Å²) in [5, 5.41) is 11.9. The van der Waals surface area contributed by atoms with Gasteiger partial charge in [0.05, 0.1) is 25.5 Å². The van der Waals surface area contributed by atoms with Crippen LogP contribution >= 0.6 is 0 Å². The number of nitrogens with zero attached hydrogens (tertiary/aromatic N) is 5. The molecule has 30 heavy (non-hydrogen) atoms. The molecule has 1 atom stereocenters. The van der Waals surface area contributed by atoms with E-state index >= 15 is 0 Å². The molecule has 1 aliphatic heterocycles. The largest absolute Gasteiger partial charge is 0.497 e. The van der Waals surface area contributed by atoms with E-state index in [1.807, 2.05) is 53.5 Å². The van der Waals surface area contributed by atoms with Crippen LogP contribution in [0.1, 0.15) is 29.0 Å². The number of methoxy groups -OCH3 is 1. The third-order valence-electron chi connectivity index (χ3n) is 5.31. The summed E-state index contributed by atoms with van der Waals surface area (Å²) >= 11 is 0. The summed E-state index contributed by atoms with van der Waals surface area (Å²) in [5.74, 6) is 1.24. The Morgan fingerprint density at radius 1 is 1.13 bits per heavy atom. The maximum atomic E-state index is 12.6. The van der Waals surface area contributed by atoms with Crippen molar-refractivity contribution in [3.8, 4) is 11.4 Å². The van der Waals surface area contributed by atoms with E-state index in [4.69, 9.17) is 4.74 Å². The highest BCUT2D eigenvalue weighted by Gasteiger charge is 2.32. The average Bonchev–Trinajstić information content (AvgIpc) is 3.44. The molecule has 8 nitrogen and oxygen atoms in total. The molecule has 1 unspecified atom stereocenters. The van der Waals surface area contributed by atoms with E-state index in [1.165, 1.54) is 0 Å². The molecular weight excluding hydrogens is 380 g/mol. The lowest BCUT2D eigenvalue weighted by molar-refractivity contribution is -0.116.